The molecule has 4 aromatic rings. The lowest BCUT2D eigenvalue weighted by molar-refractivity contribution is 0.0954. The molecule has 1 aromatic heterocycles. The third kappa shape index (κ3) is 4.79. The van der Waals surface area contributed by atoms with Crippen molar-refractivity contribution in [2.24, 2.45) is 0 Å². The average Bonchev–Trinajstić information content (AvgIpc) is 3.15. The molecule has 0 radical (unpaired) electrons. The minimum Gasteiger partial charge on any atom is -0.489 e. The van der Waals surface area contributed by atoms with Gasteiger partial charge in [-0.1, -0.05) is 30.3 Å². The van der Waals surface area contributed by atoms with Crippen LogP contribution < -0.4 is 10.1 Å². The van der Waals surface area contributed by atoms with Gasteiger partial charge in [0.05, 0.1) is 11.0 Å². The van der Waals surface area contributed by atoms with Crippen molar-refractivity contribution in [1.82, 2.24) is 15.3 Å². The number of nitrogens with zero attached hydrogens (tertiary/aromatic N) is 1. The monoisotopic (exact) mass is 389 g/mol. The van der Waals surface area contributed by atoms with Crippen LogP contribution in [-0.4, -0.2) is 22.4 Å². The summed E-state index contributed by atoms with van der Waals surface area (Å²) in [6, 6.07) is 21.4. The third-order valence-corrected chi connectivity index (χ3v) is 4.51. The lowest BCUT2D eigenvalue weighted by atomic mass is 10.2. The number of ether oxygens (including phenoxy) is 1. The summed E-state index contributed by atoms with van der Waals surface area (Å²) in [5, 5.41) is 2.87. The molecule has 0 aliphatic rings. The van der Waals surface area contributed by atoms with Gasteiger partial charge in [0.2, 0.25) is 0 Å². The van der Waals surface area contributed by atoms with E-state index in [1.54, 1.807) is 30.3 Å². The van der Waals surface area contributed by atoms with Gasteiger partial charge in [-0.25, -0.2) is 9.37 Å². The van der Waals surface area contributed by atoms with Gasteiger partial charge in [-0.05, 0) is 48.0 Å². The summed E-state index contributed by atoms with van der Waals surface area (Å²) in [5.41, 5.74) is 3.00. The second-order valence-electron chi connectivity index (χ2n) is 6.65. The highest BCUT2D eigenvalue weighted by Crippen LogP contribution is 2.15. The van der Waals surface area contributed by atoms with E-state index < -0.39 is 0 Å². The summed E-state index contributed by atoms with van der Waals surface area (Å²) in [4.78, 5) is 19.8. The Morgan fingerprint density at radius 1 is 1.03 bits per heavy atom. The predicted molar refractivity (Wildman–Crippen MR) is 109 cm³/mol. The summed E-state index contributed by atoms with van der Waals surface area (Å²) in [7, 11) is 0. The van der Waals surface area contributed by atoms with Crippen LogP contribution in [0.3, 0.4) is 0 Å². The average molecular weight is 389 g/mol. The van der Waals surface area contributed by atoms with Gasteiger partial charge in [0.15, 0.2) is 0 Å². The summed E-state index contributed by atoms with van der Waals surface area (Å²) in [6.45, 7) is 0.904. The molecule has 6 heteroatoms. The van der Waals surface area contributed by atoms with Gasteiger partial charge in [0, 0.05) is 18.5 Å². The predicted octanol–water partition coefficient (Wildman–Crippen LogP) is 4.25. The number of rotatable bonds is 7. The molecule has 0 saturated heterocycles. The van der Waals surface area contributed by atoms with E-state index in [0.29, 0.717) is 47.7 Å². The number of amides is 1. The van der Waals surface area contributed by atoms with E-state index in [9.17, 15) is 9.18 Å². The van der Waals surface area contributed by atoms with E-state index in [-0.39, 0.29) is 11.7 Å². The SMILES string of the molecule is O=C(NCCc1nc2ccc(F)cc2[nH]1)c1ccc(OCc2ccccc2)cc1. The highest BCUT2D eigenvalue weighted by molar-refractivity contribution is 5.94. The molecule has 3 aromatic carbocycles. The van der Waals surface area contributed by atoms with Gasteiger partial charge in [-0.3, -0.25) is 4.79 Å². The van der Waals surface area contributed by atoms with Gasteiger partial charge >= 0.3 is 0 Å². The van der Waals surface area contributed by atoms with Crippen molar-refractivity contribution in [1.29, 1.82) is 0 Å². The summed E-state index contributed by atoms with van der Waals surface area (Å²) in [6.07, 6.45) is 0.528. The number of imidazole rings is 1. The number of hydrogen-bond donors (Lipinski definition) is 2. The second-order valence-corrected chi connectivity index (χ2v) is 6.65. The van der Waals surface area contributed by atoms with Crippen LogP contribution in [0.2, 0.25) is 0 Å². The summed E-state index contributed by atoms with van der Waals surface area (Å²) < 4.78 is 19.0. The Hall–Kier alpha value is -3.67. The largest absolute Gasteiger partial charge is 0.489 e. The molecular formula is C23H20FN3O2. The molecule has 1 heterocycles. The Labute approximate surface area is 167 Å². The van der Waals surface area contributed by atoms with Crippen LogP contribution >= 0.6 is 0 Å². The topological polar surface area (TPSA) is 67.0 Å². The molecule has 0 atom stereocenters. The first-order valence-corrected chi connectivity index (χ1v) is 9.36. The second kappa shape index (κ2) is 8.56. The zero-order chi connectivity index (χ0) is 20.1. The van der Waals surface area contributed by atoms with Crippen molar-refractivity contribution in [3.8, 4) is 5.75 Å². The van der Waals surface area contributed by atoms with Crippen LogP contribution in [0.15, 0.2) is 72.8 Å². The maximum Gasteiger partial charge on any atom is 0.251 e. The summed E-state index contributed by atoms with van der Waals surface area (Å²) >= 11 is 0. The number of hydrogen-bond acceptors (Lipinski definition) is 3. The van der Waals surface area contributed by atoms with Crippen molar-refractivity contribution < 1.29 is 13.9 Å². The van der Waals surface area contributed by atoms with Crippen molar-refractivity contribution in [3.63, 3.8) is 0 Å². The molecular weight excluding hydrogens is 369 g/mol. The molecule has 0 spiro atoms. The lowest BCUT2D eigenvalue weighted by Crippen LogP contribution is -2.25. The molecule has 0 aliphatic carbocycles. The number of aromatic nitrogens is 2. The number of carbonyl (C=O) groups excluding carboxylic acids is 1. The molecule has 146 valence electrons. The zero-order valence-electron chi connectivity index (χ0n) is 15.7. The molecule has 5 nitrogen and oxygen atoms in total. The van der Waals surface area contributed by atoms with E-state index in [2.05, 4.69) is 15.3 Å². The number of nitrogens with one attached hydrogen (secondary N) is 2. The summed E-state index contributed by atoms with van der Waals surface area (Å²) in [5.74, 6) is 0.939. The Bertz CT molecular complexity index is 1110. The minimum atomic E-state index is -0.308. The number of fused-ring (bicyclic) bond motifs is 1. The Morgan fingerprint density at radius 3 is 2.62 bits per heavy atom. The molecule has 0 bridgehead atoms. The van der Waals surface area contributed by atoms with Crippen LogP contribution in [0.5, 0.6) is 5.75 Å². The fourth-order valence-corrected chi connectivity index (χ4v) is 2.99. The van der Waals surface area contributed by atoms with Crippen LogP contribution in [0, 0.1) is 5.82 Å². The fraction of sp³-hybridized carbons (Fsp3) is 0.130. The first-order valence-electron chi connectivity index (χ1n) is 9.36. The van der Waals surface area contributed by atoms with Crippen LogP contribution in [0.1, 0.15) is 21.7 Å². The van der Waals surface area contributed by atoms with Crippen LogP contribution in [0.25, 0.3) is 11.0 Å². The lowest BCUT2D eigenvalue weighted by Gasteiger charge is -2.08. The Morgan fingerprint density at radius 2 is 1.83 bits per heavy atom. The smallest absolute Gasteiger partial charge is 0.251 e. The quantitative estimate of drug-likeness (QED) is 0.496. The molecule has 4 rings (SSSR count). The first-order chi connectivity index (χ1) is 14.2. The normalized spacial score (nSPS) is 10.8. The maximum absolute atomic E-state index is 13.2. The molecule has 2 N–H and O–H groups in total. The van der Waals surface area contributed by atoms with E-state index in [1.165, 1.54) is 12.1 Å². The van der Waals surface area contributed by atoms with Gasteiger partial charge in [-0.15, -0.1) is 0 Å². The number of benzene rings is 3. The number of H-pyrrole nitrogens is 1. The van der Waals surface area contributed by atoms with E-state index in [0.717, 1.165) is 5.56 Å². The van der Waals surface area contributed by atoms with Gasteiger partial charge in [-0.2, -0.15) is 0 Å². The number of halogens is 1. The number of aromatic amines is 1. The first kappa shape index (κ1) is 18.7. The van der Waals surface area contributed by atoms with E-state index in [1.807, 2.05) is 30.3 Å². The highest BCUT2D eigenvalue weighted by atomic mass is 19.1. The zero-order valence-corrected chi connectivity index (χ0v) is 15.7. The van der Waals surface area contributed by atoms with Crippen molar-refractivity contribution in [3.05, 3.63) is 95.6 Å². The van der Waals surface area contributed by atoms with E-state index >= 15 is 0 Å². The molecule has 0 saturated carbocycles. The molecule has 0 fully saturated rings. The fourth-order valence-electron chi connectivity index (χ4n) is 2.99. The maximum atomic E-state index is 13.2. The third-order valence-electron chi connectivity index (χ3n) is 4.51. The van der Waals surface area contributed by atoms with Crippen molar-refractivity contribution >= 4 is 16.9 Å². The van der Waals surface area contributed by atoms with Crippen molar-refractivity contribution in [2.45, 2.75) is 13.0 Å². The van der Waals surface area contributed by atoms with Crippen molar-refractivity contribution in [2.75, 3.05) is 6.54 Å². The molecule has 1 amide bonds. The minimum absolute atomic E-state index is 0.165. The Balaban J connectivity index is 1.27. The highest BCUT2D eigenvalue weighted by Gasteiger charge is 2.07. The standard InChI is InChI=1S/C23H20FN3O2/c24-18-8-11-20-21(14-18)27-22(26-20)12-13-25-23(28)17-6-9-19(10-7-17)29-15-16-4-2-1-3-5-16/h1-11,14H,12-13,15H2,(H,25,28)(H,26,27). The molecule has 0 aliphatic heterocycles. The van der Waals surface area contributed by atoms with Gasteiger partial charge in [0.25, 0.3) is 5.91 Å². The van der Waals surface area contributed by atoms with Crippen LogP contribution in [0.4, 0.5) is 4.39 Å². The van der Waals surface area contributed by atoms with E-state index in [4.69, 9.17) is 4.74 Å². The van der Waals surface area contributed by atoms with Gasteiger partial charge < -0.3 is 15.0 Å². The van der Waals surface area contributed by atoms with Crippen LogP contribution in [-0.2, 0) is 13.0 Å². The molecule has 0 unspecified atom stereocenters. The number of carbonyl (C=O) groups is 1. The molecule has 29 heavy (non-hydrogen) atoms. The van der Waals surface area contributed by atoms with Gasteiger partial charge in [0.1, 0.15) is 24.0 Å². The Kier molecular flexibility index (Phi) is 5.52.